The van der Waals surface area contributed by atoms with Crippen LogP contribution < -0.4 is 0 Å². The molecule has 0 aliphatic heterocycles. The van der Waals surface area contributed by atoms with Crippen LogP contribution in [0.5, 0.6) is 5.75 Å². The number of pyridine rings is 1. The minimum absolute atomic E-state index is 0. The number of aromatic hydroxyl groups is 1. The summed E-state index contributed by atoms with van der Waals surface area (Å²) in [6, 6.07) is 43.5. The molecule has 0 radical (unpaired) electrons. The molecule has 0 amide bonds. The minimum Gasteiger partial charge on any atom is -0.507 e. The normalized spacial score (nSPS) is 13.2. The van der Waals surface area contributed by atoms with Gasteiger partial charge in [-0.15, -0.1) is 29.3 Å². The van der Waals surface area contributed by atoms with E-state index in [1.54, 1.807) is 0 Å². The summed E-state index contributed by atoms with van der Waals surface area (Å²) >= 11 is 0. The van der Waals surface area contributed by atoms with E-state index >= 15 is 0 Å². The van der Waals surface area contributed by atoms with Crippen molar-refractivity contribution < 1.29 is 30.3 Å². The van der Waals surface area contributed by atoms with Gasteiger partial charge in [-0.25, -0.2) is 4.98 Å². The molecule has 67 heavy (non-hydrogen) atoms. The van der Waals surface area contributed by atoms with E-state index in [0.29, 0.717) is 28.1 Å². The average Bonchev–Trinajstić information content (AvgIpc) is 3.67. The zero-order valence-corrected chi connectivity index (χ0v) is 44.1. The van der Waals surface area contributed by atoms with E-state index in [0.717, 1.165) is 61.3 Å². The molecule has 5 heteroatoms. The fourth-order valence-corrected chi connectivity index (χ4v) is 8.73. The van der Waals surface area contributed by atoms with E-state index < -0.39 is 6.85 Å². The maximum Gasteiger partial charge on any atom is 0.148 e. The van der Waals surface area contributed by atoms with Gasteiger partial charge in [-0.1, -0.05) is 179 Å². The Morgan fingerprint density at radius 2 is 1.22 bits per heavy atom. The first-order valence-corrected chi connectivity index (χ1v) is 23.5. The number of benzene rings is 6. The van der Waals surface area contributed by atoms with E-state index in [-0.39, 0.29) is 60.5 Å². The van der Waals surface area contributed by atoms with Crippen molar-refractivity contribution >= 4 is 11.0 Å². The van der Waals surface area contributed by atoms with Crippen LogP contribution in [0.25, 0.3) is 72.7 Å². The molecule has 0 saturated heterocycles. The number of nitrogens with zero attached hydrogens (tertiary/aromatic N) is 3. The Morgan fingerprint density at radius 1 is 0.612 bits per heavy atom. The summed E-state index contributed by atoms with van der Waals surface area (Å²) in [4.78, 5) is 10.4. The van der Waals surface area contributed by atoms with Crippen molar-refractivity contribution in [3.8, 4) is 67.5 Å². The quantitative estimate of drug-likeness (QED) is 0.154. The molecule has 0 saturated carbocycles. The Labute approximate surface area is 419 Å². The van der Waals surface area contributed by atoms with Crippen molar-refractivity contribution in [1.82, 2.24) is 14.5 Å². The summed E-state index contributed by atoms with van der Waals surface area (Å²) in [6.07, 6.45) is 1.86. The summed E-state index contributed by atoms with van der Waals surface area (Å²) in [6.45, 7) is 27.9. The number of fused-ring (bicyclic) bond motifs is 1. The van der Waals surface area contributed by atoms with Gasteiger partial charge in [-0.05, 0) is 122 Å². The summed E-state index contributed by atoms with van der Waals surface area (Å²) in [5.74, 6) is 0.764. The molecule has 0 spiro atoms. The van der Waals surface area contributed by atoms with Gasteiger partial charge in [0.1, 0.15) is 11.6 Å². The molecule has 2 aromatic heterocycles. The molecule has 2 heterocycles. The van der Waals surface area contributed by atoms with Gasteiger partial charge >= 0.3 is 0 Å². The molecule has 0 unspecified atom stereocenters. The van der Waals surface area contributed by atoms with Crippen molar-refractivity contribution in [2.24, 2.45) is 0 Å². The van der Waals surface area contributed by atoms with Gasteiger partial charge < -0.3 is 5.11 Å². The summed E-state index contributed by atoms with van der Waals surface area (Å²) in [5, 5.41) is 12.3. The van der Waals surface area contributed by atoms with Crippen molar-refractivity contribution in [3.05, 3.63) is 166 Å². The van der Waals surface area contributed by atoms with Crippen LogP contribution in [0, 0.1) is 19.8 Å². The van der Waals surface area contributed by atoms with Crippen molar-refractivity contribution in [1.29, 1.82) is 0 Å². The van der Waals surface area contributed by atoms with Gasteiger partial charge in [0.15, 0.2) is 0 Å². The molecule has 8 rings (SSSR count). The van der Waals surface area contributed by atoms with Gasteiger partial charge in [0.05, 0.1) is 22.3 Å². The van der Waals surface area contributed by atoms with Crippen LogP contribution in [0.1, 0.15) is 145 Å². The number of phenols is 1. The standard InChI is InChI=1S/C62H68N3O.Pt/c1-37(2)44-33-52(38(3)4)58(66)53(34-44)59-64-57-51(46-28-47(32-48(31-46)60(7,8)9)54-35-43(25-26-63-54)41-21-19-39(5)20-22-41)17-16-18-56(57)65(59)55-24-23-42(27-40(55)6)45-29-49(61(10,11)12)36-50(30-45)62(13,14)15;/h16-27,29-38,66H,1-15H3;/q-1;/i6D3;. The Morgan fingerprint density at radius 3 is 1.84 bits per heavy atom. The van der Waals surface area contributed by atoms with E-state index in [4.69, 9.17) is 14.1 Å². The van der Waals surface area contributed by atoms with Crippen molar-refractivity contribution in [2.45, 2.75) is 132 Å². The molecule has 0 atom stereocenters. The molecule has 0 fully saturated rings. The van der Waals surface area contributed by atoms with E-state index in [1.807, 2.05) is 53.2 Å². The number of aryl methyl sites for hydroxylation is 2. The summed E-state index contributed by atoms with van der Waals surface area (Å²) in [7, 11) is 0. The van der Waals surface area contributed by atoms with E-state index in [2.05, 4.69) is 176 Å². The first-order valence-electron chi connectivity index (χ1n) is 25.0. The first-order chi connectivity index (χ1) is 32.2. The first kappa shape index (κ1) is 45.2. The molecular weight excluding hydrogens is 998 g/mol. The van der Waals surface area contributed by atoms with Crippen LogP contribution in [0.4, 0.5) is 0 Å². The number of rotatable bonds is 8. The van der Waals surface area contributed by atoms with Gasteiger partial charge in [-0.3, -0.25) is 9.55 Å². The van der Waals surface area contributed by atoms with Gasteiger partial charge in [0, 0.05) is 37.1 Å². The second-order valence-corrected chi connectivity index (χ2v) is 22.0. The zero-order chi connectivity index (χ0) is 50.1. The van der Waals surface area contributed by atoms with E-state index in [9.17, 15) is 5.11 Å². The maximum absolute atomic E-state index is 12.3. The predicted octanol–water partition coefficient (Wildman–Crippen LogP) is 17.0. The van der Waals surface area contributed by atoms with Crippen LogP contribution >= 0.6 is 0 Å². The van der Waals surface area contributed by atoms with Crippen LogP contribution in [0.2, 0.25) is 0 Å². The number of hydrogen-bond acceptors (Lipinski definition) is 3. The number of para-hydroxylation sites is 1. The Bertz CT molecular complexity index is 3200. The largest absolute Gasteiger partial charge is 0.507 e. The fraction of sp³-hybridized carbons (Fsp3) is 0.323. The number of phenolic OH excluding ortho intramolecular Hbond substituents is 1. The Hall–Kier alpha value is -5.57. The second-order valence-electron chi connectivity index (χ2n) is 22.0. The topological polar surface area (TPSA) is 50.9 Å². The molecule has 348 valence electrons. The summed E-state index contributed by atoms with van der Waals surface area (Å²) < 4.78 is 29.4. The number of aromatic nitrogens is 3. The molecule has 0 aliphatic rings. The predicted molar refractivity (Wildman–Crippen MR) is 280 cm³/mol. The van der Waals surface area contributed by atoms with Crippen LogP contribution in [-0.2, 0) is 37.3 Å². The molecule has 1 N–H and O–H groups in total. The minimum atomic E-state index is -2.51. The monoisotopic (exact) mass is 1070 g/mol. The molecule has 0 aliphatic carbocycles. The third kappa shape index (κ3) is 10.0. The third-order valence-corrected chi connectivity index (χ3v) is 13.1. The third-order valence-electron chi connectivity index (χ3n) is 13.1. The van der Waals surface area contributed by atoms with Gasteiger partial charge in [0.2, 0.25) is 0 Å². The maximum atomic E-state index is 12.3. The Kier molecular flexibility index (Phi) is 12.5. The van der Waals surface area contributed by atoms with Crippen LogP contribution in [0.3, 0.4) is 0 Å². The molecule has 8 aromatic rings. The van der Waals surface area contributed by atoms with Gasteiger partial charge in [-0.2, -0.15) is 0 Å². The van der Waals surface area contributed by atoms with Crippen molar-refractivity contribution in [2.75, 3.05) is 0 Å². The number of hydrogen-bond donors (Lipinski definition) is 1. The van der Waals surface area contributed by atoms with Crippen LogP contribution in [0.15, 0.2) is 121 Å². The SMILES string of the molecule is [2H]C([2H])([2H])c1cc(-c2cc(C(C)(C)C)cc(C(C)(C)C)c2)ccc1-n1c(-c2cc(C(C)C)cc(C(C)C)c2O)nc2c(-c3[c-]c(-c4cc(-c5ccc(C)cc5)ccn4)cc(C(C)(C)C)c3)cccc21.[Pt]. The number of imidazole rings is 1. The van der Waals surface area contributed by atoms with E-state index in [1.165, 1.54) is 16.7 Å². The van der Waals surface area contributed by atoms with Gasteiger partial charge in [0.25, 0.3) is 0 Å². The molecular formula is C62H68N3OPt-. The zero-order valence-electron chi connectivity index (χ0n) is 44.8. The molecule has 4 nitrogen and oxygen atoms in total. The molecule has 0 bridgehead atoms. The smallest absolute Gasteiger partial charge is 0.148 e. The Balaban J connectivity index is 0.00000722. The second kappa shape index (κ2) is 18.5. The average molecular weight is 1070 g/mol. The fourth-order valence-electron chi connectivity index (χ4n) is 8.73. The van der Waals surface area contributed by atoms with Crippen LogP contribution in [-0.4, -0.2) is 19.6 Å². The molecule has 6 aromatic carbocycles. The van der Waals surface area contributed by atoms with Crippen molar-refractivity contribution in [3.63, 3.8) is 0 Å². The summed E-state index contributed by atoms with van der Waals surface area (Å²) in [5.41, 5.74) is 16.0.